The van der Waals surface area contributed by atoms with E-state index in [1.165, 1.54) is 0 Å². The molecule has 0 atom stereocenters. The van der Waals surface area contributed by atoms with Gasteiger partial charge in [-0.15, -0.1) is 0 Å². The quantitative estimate of drug-likeness (QED) is 0.802. The van der Waals surface area contributed by atoms with Crippen molar-refractivity contribution in [1.82, 2.24) is 9.80 Å². The van der Waals surface area contributed by atoms with Crippen molar-refractivity contribution in [3.63, 3.8) is 0 Å². The fraction of sp³-hybridized carbons (Fsp3) is 0.625. The second kappa shape index (κ2) is 8.06. The van der Waals surface area contributed by atoms with E-state index in [1.807, 2.05) is 19.1 Å². The number of benzene rings is 1. The molecule has 1 heterocycles. The standard InChI is InChI=1S/C16H26N2O3S/c1-15-3-5-16(6-4-15)22(20,21)14-2-7-17-8-10-18(11-9-17)12-13-19/h3-6,19H,2,7-14H2,1H3. The van der Waals surface area contributed by atoms with E-state index in [4.69, 9.17) is 5.11 Å². The van der Waals surface area contributed by atoms with E-state index in [2.05, 4.69) is 9.80 Å². The number of hydrogen-bond acceptors (Lipinski definition) is 5. The van der Waals surface area contributed by atoms with Crippen LogP contribution in [0.2, 0.25) is 0 Å². The van der Waals surface area contributed by atoms with Gasteiger partial charge in [0.1, 0.15) is 0 Å². The van der Waals surface area contributed by atoms with Crippen LogP contribution in [0, 0.1) is 6.92 Å². The van der Waals surface area contributed by atoms with Crippen LogP contribution in [0.15, 0.2) is 29.2 Å². The minimum absolute atomic E-state index is 0.201. The molecule has 22 heavy (non-hydrogen) atoms. The number of hydrogen-bond donors (Lipinski definition) is 1. The number of rotatable bonds is 7. The maximum atomic E-state index is 12.3. The first-order valence-electron chi connectivity index (χ1n) is 7.86. The lowest BCUT2D eigenvalue weighted by Crippen LogP contribution is -2.47. The van der Waals surface area contributed by atoms with Gasteiger partial charge in [-0.2, -0.15) is 0 Å². The molecule has 124 valence electrons. The number of nitrogens with zero attached hydrogens (tertiary/aromatic N) is 2. The van der Waals surface area contributed by atoms with Crippen LogP contribution in [0.4, 0.5) is 0 Å². The maximum Gasteiger partial charge on any atom is 0.178 e. The summed E-state index contributed by atoms with van der Waals surface area (Å²) >= 11 is 0. The third kappa shape index (κ3) is 5.05. The lowest BCUT2D eigenvalue weighted by Gasteiger charge is -2.34. The minimum atomic E-state index is -3.17. The summed E-state index contributed by atoms with van der Waals surface area (Å²) in [5.41, 5.74) is 1.07. The molecule has 0 radical (unpaired) electrons. The van der Waals surface area contributed by atoms with Gasteiger partial charge in [0, 0.05) is 32.7 Å². The van der Waals surface area contributed by atoms with Gasteiger partial charge in [0.15, 0.2) is 9.84 Å². The lowest BCUT2D eigenvalue weighted by atomic mass is 10.2. The van der Waals surface area contributed by atoms with Crippen molar-refractivity contribution in [2.24, 2.45) is 0 Å². The molecular weight excluding hydrogens is 300 g/mol. The van der Waals surface area contributed by atoms with E-state index in [9.17, 15) is 8.42 Å². The number of β-amino-alcohol motifs (C(OH)–C–C–N with tert-alkyl or cyclic N) is 1. The summed E-state index contributed by atoms with van der Waals surface area (Å²) in [6.45, 7) is 7.50. The van der Waals surface area contributed by atoms with E-state index in [0.29, 0.717) is 11.3 Å². The SMILES string of the molecule is Cc1ccc(S(=O)(=O)CCCN2CCN(CCO)CC2)cc1. The molecule has 1 N–H and O–H groups in total. The van der Waals surface area contributed by atoms with Gasteiger partial charge in [-0.3, -0.25) is 4.90 Å². The van der Waals surface area contributed by atoms with E-state index >= 15 is 0 Å². The molecule has 0 spiro atoms. The molecule has 1 aliphatic heterocycles. The zero-order valence-corrected chi connectivity index (χ0v) is 14.1. The highest BCUT2D eigenvalue weighted by Gasteiger charge is 2.18. The molecule has 2 rings (SSSR count). The molecule has 0 bridgehead atoms. The summed E-state index contributed by atoms with van der Waals surface area (Å²) < 4.78 is 24.5. The normalized spacial score (nSPS) is 17.7. The van der Waals surface area contributed by atoms with Crippen molar-refractivity contribution in [3.05, 3.63) is 29.8 Å². The molecular formula is C16H26N2O3S. The summed E-state index contributed by atoms with van der Waals surface area (Å²) in [6.07, 6.45) is 0.663. The van der Waals surface area contributed by atoms with Crippen molar-refractivity contribution in [2.45, 2.75) is 18.2 Å². The zero-order valence-electron chi connectivity index (χ0n) is 13.2. The van der Waals surface area contributed by atoms with Gasteiger partial charge in [0.25, 0.3) is 0 Å². The van der Waals surface area contributed by atoms with Crippen LogP contribution in [-0.2, 0) is 9.84 Å². The highest BCUT2D eigenvalue weighted by molar-refractivity contribution is 7.91. The van der Waals surface area contributed by atoms with Crippen LogP contribution in [0.5, 0.6) is 0 Å². The zero-order chi connectivity index (χ0) is 16.0. The van der Waals surface area contributed by atoms with Crippen LogP contribution in [-0.4, -0.2) is 75.0 Å². The summed E-state index contributed by atoms with van der Waals surface area (Å²) in [5, 5.41) is 8.92. The van der Waals surface area contributed by atoms with Crippen LogP contribution < -0.4 is 0 Å². The second-order valence-electron chi connectivity index (χ2n) is 5.89. The average Bonchev–Trinajstić information content (AvgIpc) is 2.50. The maximum absolute atomic E-state index is 12.3. The third-order valence-corrected chi connectivity index (χ3v) is 5.97. The molecule has 0 amide bonds. The van der Waals surface area contributed by atoms with Gasteiger partial charge in [-0.05, 0) is 32.0 Å². The summed E-state index contributed by atoms with van der Waals surface area (Å²) in [6, 6.07) is 7.07. The highest BCUT2D eigenvalue weighted by Crippen LogP contribution is 2.13. The number of piperazine rings is 1. The Hall–Kier alpha value is -0.950. The van der Waals surface area contributed by atoms with Crippen molar-refractivity contribution in [3.8, 4) is 0 Å². The van der Waals surface area contributed by atoms with Crippen LogP contribution in [0.1, 0.15) is 12.0 Å². The van der Waals surface area contributed by atoms with Crippen molar-refractivity contribution in [1.29, 1.82) is 0 Å². The summed E-state index contributed by atoms with van der Waals surface area (Å²) in [7, 11) is -3.17. The van der Waals surface area contributed by atoms with Crippen molar-refractivity contribution < 1.29 is 13.5 Å². The largest absolute Gasteiger partial charge is 0.395 e. The summed E-state index contributed by atoms with van der Waals surface area (Å²) in [5.74, 6) is 0.201. The van der Waals surface area contributed by atoms with E-state index in [0.717, 1.165) is 44.8 Å². The molecule has 1 saturated heterocycles. The van der Waals surface area contributed by atoms with Crippen molar-refractivity contribution >= 4 is 9.84 Å². The van der Waals surface area contributed by atoms with Crippen LogP contribution >= 0.6 is 0 Å². The third-order valence-electron chi connectivity index (χ3n) is 4.15. The molecule has 5 nitrogen and oxygen atoms in total. The second-order valence-corrected chi connectivity index (χ2v) is 8.00. The Bertz CT molecular complexity index is 549. The number of aliphatic hydroxyl groups excluding tert-OH is 1. The van der Waals surface area contributed by atoms with Gasteiger partial charge < -0.3 is 10.0 Å². The first-order valence-corrected chi connectivity index (χ1v) is 9.51. The molecule has 1 fully saturated rings. The van der Waals surface area contributed by atoms with Crippen LogP contribution in [0.3, 0.4) is 0 Å². The Morgan fingerprint density at radius 2 is 1.55 bits per heavy atom. The fourth-order valence-corrected chi connectivity index (χ4v) is 4.02. The topological polar surface area (TPSA) is 60.9 Å². The Balaban J connectivity index is 1.75. The molecule has 0 unspecified atom stereocenters. The van der Waals surface area contributed by atoms with Gasteiger partial charge in [0.2, 0.25) is 0 Å². The summed E-state index contributed by atoms with van der Waals surface area (Å²) in [4.78, 5) is 4.96. The van der Waals surface area contributed by atoms with E-state index in [1.54, 1.807) is 12.1 Å². The number of aliphatic hydroxyl groups is 1. The fourth-order valence-electron chi connectivity index (χ4n) is 2.72. The van der Waals surface area contributed by atoms with Gasteiger partial charge in [-0.25, -0.2) is 8.42 Å². The first kappa shape index (κ1) is 17.4. The molecule has 1 aromatic rings. The van der Waals surface area contributed by atoms with Gasteiger partial charge >= 0.3 is 0 Å². The monoisotopic (exact) mass is 326 g/mol. The highest BCUT2D eigenvalue weighted by atomic mass is 32.2. The van der Waals surface area contributed by atoms with Crippen molar-refractivity contribution in [2.75, 3.05) is 51.6 Å². The Morgan fingerprint density at radius 3 is 2.09 bits per heavy atom. The van der Waals surface area contributed by atoms with Gasteiger partial charge in [-0.1, -0.05) is 17.7 Å². The molecule has 0 saturated carbocycles. The number of aryl methyl sites for hydroxylation is 1. The lowest BCUT2D eigenvalue weighted by molar-refractivity contribution is 0.113. The Kier molecular flexibility index (Phi) is 6.37. The van der Waals surface area contributed by atoms with Gasteiger partial charge in [0.05, 0.1) is 17.3 Å². The van der Waals surface area contributed by atoms with Crippen LogP contribution in [0.25, 0.3) is 0 Å². The Morgan fingerprint density at radius 1 is 1.00 bits per heavy atom. The number of sulfone groups is 1. The molecule has 1 aromatic carbocycles. The first-order chi connectivity index (χ1) is 10.5. The predicted molar refractivity (Wildman–Crippen MR) is 87.8 cm³/mol. The Labute approximate surface area is 133 Å². The van der Waals surface area contributed by atoms with E-state index < -0.39 is 9.84 Å². The predicted octanol–water partition coefficient (Wildman–Crippen LogP) is 0.769. The molecule has 0 aromatic heterocycles. The van der Waals surface area contributed by atoms with E-state index in [-0.39, 0.29) is 12.4 Å². The smallest absolute Gasteiger partial charge is 0.178 e. The minimum Gasteiger partial charge on any atom is -0.395 e. The molecule has 1 aliphatic rings. The molecule has 0 aliphatic carbocycles. The average molecular weight is 326 g/mol. The molecule has 6 heteroatoms.